The lowest BCUT2D eigenvalue weighted by atomic mass is 9.91. The average molecular weight is 357 g/mol. The number of aromatic hydroxyl groups is 1. The number of hydrogen-bond acceptors (Lipinski definition) is 3. The van der Waals surface area contributed by atoms with E-state index < -0.39 is 0 Å². The highest BCUT2D eigenvalue weighted by Gasteiger charge is 2.33. The Balaban J connectivity index is 1.99. The van der Waals surface area contributed by atoms with Crippen molar-refractivity contribution in [2.45, 2.75) is 51.7 Å². The normalized spacial score (nSPS) is 23.4. The summed E-state index contributed by atoms with van der Waals surface area (Å²) in [6, 6.07) is 13.8. The van der Waals surface area contributed by atoms with Crippen molar-refractivity contribution in [2.75, 3.05) is 0 Å². The molecule has 0 bridgehead atoms. The first-order valence-corrected chi connectivity index (χ1v) is 9.26. The monoisotopic (exact) mass is 356 g/mol. The van der Waals surface area contributed by atoms with E-state index in [0.29, 0.717) is 5.02 Å². The maximum absolute atomic E-state index is 10.3. The smallest absolute Gasteiger partial charge is 0.120 e. The van der Waals surface area contributed by atoms with E-state index in [1.807, 2.05) is 6.07 Å². The minimum absolute atomic E-state index is 0.0259. The maximum Gasteiger partial charge on any atom is 0.120 e. The predicted octanol–water partition coefficient (Wildman–Crippen LogP) is 5.26. The van der Waals surface area contributed by atoms with E-state index in [0.717, 1.165) is 36.1 Å². The van der Waals surface area contributed by atoms with Crippen molar-refractivity contribution in [3.05, 3.63) is 64.2 Å². The highest BCUT2D eigenvalue weighted by molar-refractivity contribution is 6.30. The topological polar surface area (TPSA) is 44.6 Å². The fourth-order valence-corrected chi connectivity index (χ4v) is 3.46. The molecule has 0 spiro atoms. The van der Waals surface area contributed by atoms with Crippen LogP contribution < -0.4 is 5.32 Å². The molecule has 3 rings (SSSR count). The molecule has 0 saturated heterocycles. The van der Waals surface area contributed by atoms with E-state index in [4.69, 9.17) is 16.6 Å². The van der Waals surface area contributed by atoms with Gasteiger partial charge in [0.2, 0.25) is 0 Å². The first-order chi connectivity index (χ1) is 11.9. The number of nitrogens with one attached hydrogen (secondary N) is 1. The zero-order valence-corrected chi connectivity index (χ0v) is 15.8. The second kappa shape index (κ2) is 7.19. The molecule has 0 amide bonds. The van der Waals surface area contributed by atoms with Crippen molar-refractivity contribution in [3.63, 3.8) is 0 Å². The Kier molecular flexibility index (Phi) is 5.16. The molecular weight excluding hydrogens is 332 g/mol. The lowest BCUT2D eigenvalue weighted by Crippen LogP contribution is -2.47. The maximum atomic E-state index is 10.3. The molecule has 3 nitrogen and oxygen atoms in total. The quantitative estimate of drug-likeness (QED) is 0.785. The zero-order valence-electron chi connectivity index (χ0n) is 15.0. The molecular formula is C21H25ClN2O. The molecule has 0 saturated carbocycles. The molecule has 2 aromatic carbocycles. The van der Waals surface area contributed by atoms with Gasteiger partial charge >= 0.3 is 0 Å². The van der Waals surface area contributed by atoms with Crippen LogP contribution in [0.1, 0.15) is 56.3 Å². The molecule has 25 heavy (non-hydrogen) atoms. The molecule has 132 valence electrons. The standard InChI is InChI=1S/C21H25ClN2O/c1-4-14-6-8-15(9-7-14)18-13-19(24-21(3,5-2)23-18)17-12-16(22)10-11-20(17)25/h6-12,19,24-25H,4-5,13H2,1-3H3/t19-,21-/m1/s1. The van der Waals surface area contributed by atoms with E-state index in [1.54, 1.807) is 12.1 Å². The number of benzene rings is 2. The number of aryl methyl sites for hydroxylation is 1. The van der Waals surface area contributed by atoms with Gasteiger partial charge in [0.25, 0.3) is 0 Å². The van der Waals surface area contributed by atoms with Crippen LogP contribution >= 0.6 is 11.6 Å². The van der Waals surface area contributed by atoms with Crippen molar-refractivity contribution in [1.29, 1.82) is 0 Å². The molecule has 0 fully saturated rings. The Morgan fingerprint density at radius 2 is 1.92 bits per heavy atom. The Bertz CT molecular complexity index is 785. The summed E-state index contributed by atoms with van der Waals surface area (Å²) in [5, 5.41) is 14.5. The fraction of sp³-hybridized carbons (Fsp3) is 0.381. The molecule has 2 aromatic rings. The number of halogens is 1. The van der Waals surface area contributed by atoms with Crippen LogP contribution in [0.25, 0.3) is 0 Å². The highest BCUT2D eigenvalue weighted by Crippen LogP contribution is 2.35. The summed E-state index contributed by atoms with van der Waals surface area (Å²) in [7, 11) is 0. The second-order valence-electron chi connectivity index (χ2n) is 6.84. The average Bonchev–Trinajstić information content (AvgIpc) is 2.63. The summed E-state index contributed by atoms with van der Waals surface area (Å²) in [6.07, 6.45) is 2.61. The first kappa shape index (κ1) is 18.0. The van der Waals surface area contributed by atoms with E-state index in [2.05, 4.69) is 50.4 Å². The Labute approximate surface area is 154 Å². The van der Waals surface area contributed by atoms with Crippen LogP contribution in [0.15, 0.2) is 47.5 Å². The zero-order chi connectivity index (χ0) is 18.0. The van der Waals surface area contributed by atoms with Crippen LogP contribution in [-0.4, -0.2) is 16.5 Å². The summed E-state index contributed by atoms with van der Waals surface area (Å²) in [4.78, 5) is 4.98. The fourth-order valence-electron chi connectivity index (χ4n) is 3.28. The third-order valence-electron chi connectivity index (χ3n) is 5.01. The van der Waals surface area contributed by atoms with Crippen LogP contribution in [0.4, 0.5) is 0 Å². The molecule has 1 aliphatic rings. The lowest BCUT2D eigenvalue weighted by Gasteiger charge is -2.37. The van der Waals surface area contributed by atoms with Crippen molar-refractivity contribution in [2.24, 2.45) is 4.99 Å². The summed E-state index contributed by atoms with van der Waals surface area (Å²) in [5.74, 6) is 0.267. The third-order valence-corrected chi connectivity index (χ3v) is 5.25. The number of nitrogens with zero attached hydrogens (tertiary/aromatic N) is 1. The molecule has 4 heteroatoms. The number of phenols is 1. The molecule has 0 radical (unpaired) electrons. The van der Waals surface area contributed by atoms with Gasteiger partial charge in [-0.25, -0.2) is 0 Å². The van der Waals surface area contributed by atoms with Gasteiger partial charge in [0.1, 0.15) is 11.4 Å². The van der Waals surface area contributed by atoms with Crippen molar-refractivity contribution in [1.82, 2.24) is 5.32 Å². The van der Waals surface area contributed by atoms with Gasteiger partial charge in [0.05, 0.1) is 0 Å². The highest BCUT2D eigenvalue weighted by atomic mass is 35.5. The van der Waals surface area contributed by atoms with Gasteiger partial charge in [-0.05, 0) is 49.1 Å². The second-order valence-corrected chi connectivity index (χ2v) is 7.28. The summed E-state index contributed by atoms with van der Waals surface area (Å²) in [6.45, 7) is 6.37. The summed E-state index contributed by atoms with van der Waals surface area (Å²) >= 11 is 6.16. The van der Waals surface area contributed by atoms with Crippen LogP contribution in [0, 0.1) is 0 Å². The lowest BCUT2D eigenvalue weighted by molar-refractivity contribution is 0.295. The Morgan fingerprint density at radius 1 is 1.20 bits per heavy atom. The largest absolute Gasteiger partial charge is 0.508 e. The van der Waals surface area contributed by atoms with Crippen molar-refractivity contribution < 1.29 is 5.11 Å². The SMILES string of the molecule is CCc1ccc(C2=N[C@@](C)(CC)N[C@@H](c3cc(Cl)ccc3O)C2)cc1. The van der Waals surface area contributed by atoms with Gasteiger partial charge in [-0.15, -0.1) is 0 Å². The van der Waals surface area contributed by atoms with Crippen LogP contribution in [0.2, 0.25) is 5.02 Å². The number of rotatable bonds is 4. The Morgan fingerprint density at radius 3 is 2.56 bits per heavy atom. The number of aliphatic imine (C=N–C) groups is 1. The van der Waals surface area contributed by atoms with Gasteiger partial charge < -0.3 is 5.11 Å². The van der Waals surface area contributed by atoms with Gasteiger partial charge in [-0.3, -0.25) is 10.3 Å². The number of phenolic OH excluding ortho intramolecular Hbond substituents is 1. The van der Waals surface area contributed by atoms with Gasteiger partial charge in [0, 0.05) is 28.8 Å². The van der Waals surface area contributed by atoms with Crippen LogP contribution in [-0.2, 0) is 6.42 Å². The molecule has 2 N–H and O–H groups in total. The van der Waals surface area contributed by atoms with E-state index in [1.165, 1.54) is 5.56 Å². The van der Waals surface area contributed by atoms with E-state index >= 15 is 0 Å². The van der Waals surface area contributed by atoms with Crippen LogP contribution in [0.5, 0.6) is 5.75 Å². The molecule has 2 atom stereocenters. The van der Waals surface area contributed by atoms with E-state index in [-0.39, 0.29) is 17.5 Å². The predicted molar refractivity (Wildman–Crippen MR) is 105 cm³/mol. The van der Waals surface area contributed by atoms with Crippen molar-refractivity contribution >= 4 is 17.3 Å². The van der Waals surface area contributed by atoms with Gasteiger partial charge in [0.15, 0.2) is 0 Å². The van der Waals surface area contributed by atoms with Crippen LogP contribution in [0.3, 0.4) is 0 Å². The molecule has 0 aromatic heterocycles. The summed E-state index contributed by atoms with van der Waals surface area (Å²) < 4.78 is 0. The summed E-state index contributed by atoms with van der Waals surface area (Å²) in [5.41, 5.74) is 3.99. The van der Waals surface area contributed by atoms with Crippen molar-refractivity contribution in [3.8, 4) is 5.75 Å². The minimum Gasteiger partial charge on any atom is -0.508 e. The minimum atomic E-state index is -0.365. The number of hydrogen-bond donors (Lipinski definition) is 2. The molecule has 1 heterocycles. The third kappa shape index (κ3) is 3.88. The molecule has 1 aliphatic heterocycles. The Hall–Kier alpha value is -1.84. The first-order valence-electron chi connectivity index (χ1n) is 8.88. The van der Waals surface area contributed by atoms with Gasteiger partial charge in [-0.1, -0.05) is 49.7 Å². The van der Waals surface area contributed by atoms with E-state index in [9.17, 15) is 5.11 Å². The molecule has 0 aliphatic carbocycles. The van der Waals surface area contributed by atoms with Gasteiger partial charge in [-0.2, -0.15) is 0 Å². The molecule has 0 unspecified atom stereocenters.